The Morgan fingerprint density at radius 2 is 2.05 bits per heavy atom. The van der Waals surface area contributed by atoms with Crippen LogP contribution in [0.4, 0.5) is 0 Å². The summed E-state index contributed by atoms with van der Waals surface area (Å²) in [5.74, 6) is 0.902. The second-order valence-corrected chi connectivity index (χ2v) is 6.40. The lowest BCUT2D eigenvalue weighted by molar-refractivity contribution is -0.135. The van der Waals surface area contributed by atoms with Crippen LogP contribution in [-0.4, -0.2) is 56.7 Å². The molecule has 3 N–H and O–H groups in total. The van der Waals surface area contributed by atoms with Gasteiger partial charge in [0.1, 0.15) is 0 Å². The van der Waals surface area contributed by atoms with Crippen molar-refractivity contribution in [2.75, 3.05) is 45.9 Å². The molecule has 0 bridgehead atoms. The first-order valence-electron chi connectivity index (χ1n) is 7.95. The van der Waals surface area contributed by atoms with E-state index in [9.17, 15) is 4.79 Å². The first kappa shape index (κ1) is 21.9. The molecule has 22 heavy (non-hydrogen) atoms. The third kappa shape index (κ3) is 5.85. The van der Waals surface area contributed by atoms with Crippen LogP contribution in [0.3, 0.4) is 0 Å². The molecule has 2 aliphatic heterocycles. The van der Waals surface area contributed by atoms with Crippen LogP contribution in [0.15, 0.2) is 0 Å². The van der Waals surface area contributed by atoms with Crippen LogP contribution < -0.4 is 11.1 Å². The second-order valence-electron chi connectivity index (χ2n) is 6.40. The van der Waals surface area contributed by atoms with Crippen LogP contribution in [0.1, 0.15) is 32.6 Å². The maximum absolute atomic E-state index is 12.4. The SMILES string of the molecule is CC1CCCN(CCNC(=O)C2(CN)CCOCC2)C1.Cl.Cl. The first-order valence-corrected chi connectivity index (χ1v) is 7.95. The van der Waals surface area contributed by atoms with Gasteiger partial charge >= 0.3 is 0 Å². The van der Waals surface area contributed by atoms with Gasteiger partial charge in [0.2, 0.25) is 5.91 Å². The zero-order valence-corrected chi connectivity index (χ0v) is 15.1. The average molecular weight is 356 g/mol. The van der Waals surface area contributed by atoms with Gasteiger partial charge in [0, 0.05) is 39.4 Å². The van der Waals surface area contributed by atoms with Crippen molar-refractivity contribution in [1.29, 1.82) is 0 Å². The monoisotopic (exact) mass is 355 g/mol. The van der Waals surface area contributed by atoms with Crippen LogP contribution in [0.2, 0.25) is 0 Å². The van der Waals surface area contributed by atoms with Crippen LogP contribution in [0.25, 0.3) is 0 Å². The van der Waals surface area contributed by atoms with Gasteiger partial charge in [-0.3, -0.25) is 4.79 Å². The van der Waals surface area contributed by atoms with Gasteiger partial charge in [-0.05, 0) is 38.1 Å². The van der Waals surface area contributed by atoms with Crippen molar-refractivity contribution in [3.63, 3.8) is 0 Å². The number of nitrogens with two attached hydrogens (primary N) is 1. The number of rotatable bonds is 5. The van der Waals surface area contributed by atoms with Crippen molar-refractivity contribution in [1.82, 2.24) is 10.2 Å². The zero-order chi connectivity index (χ0) is 14.4. The molecule has 0 aromatic rings. The number of nitrogens with one attached hydrogen (secondary N) is 1. The molecule has 2 aliphatic rings. The van der Waals surface area contributed by atoms with E-state index < -0.39 is 5.41 Å². The van der Waals surface area contributed by atoms with Gasteiger partial charge in [0.15, 0.2) is 0 Å². The second kappa shape index (κ2) is 10.7. The Kier molecular flexibility index (Phi) is 10.6. The summed E-state index contributed by atoms with van der Waals surface area (Å²) in [6, 6.07) is 0. The number of halogens is 2. The van der Waals surface area contributed by atoms with E-state index in [1.54, 1.807) is 0 Å². The Bertz CT molecular complexity index is 326. The van der Waals surface area contributed by atoms with Gasteiger partial charge in [0.25, 0.3) is 0 Å². The lowest BCUT2D eigenvalue weighted by atomic mass is 9.79. The highest BCUT2D eigenvalue weighted by molar-refractivity contribution is 5.85. The third-order valence-corrected chi connectivity index (χ3v) is 4.78. The van der Waals surface area contributed by atoms with Gasteiger partial charge in [-0.15, -0.1) is 24.8 Å². The Morgan fingerprint density at radius 3 is 2.64 bits per heavy atom. The molecule has 5 nitrogen and oxygen atoms in total. The number of hydrogen-bond acceptors (Lipinski definition) is 4. The third-order valence-electron chi connectivity index (χ3n) is 4.78. The number of carbonyl (C=O) groups excluding carboxylic acids is 1. The molecule has 0 radical (unpaired) electrons. The van der Waals surface area contributed by atoms with Crippen LogP contribution in [0, 0.1) is 11.3 Å². The van der Waals surface area contributed by atoms with Crippen LogP contribution >= 0.6 is 24.8 Å². The fourth-order valence-corrected chi connectivity index (χ4v) is 3.29. The van der Waals surface area contributed by atoms with Crippen molar-refractivity contribution in [2.45, 2.75) is 32.6 Å². The van der Waals surface area contributed by atoms with E-state index in [2.05, 4.69) is 17.1 Å². The molecule has 2 heterocycles. The summed E-state index contributed by atoms with van der Waals surface area (Å²) in [6.45, 7) is 8.02. The van der Waals surface area contributed by atoms with Gasteiger partial charge < -0.3 is 20.7 Å². The summed E-state index contributed by atoms with van der Waals surface area (Å²) < 4.78 is 5.34. The molecule has 0 aliphatic carbocycles. The lowest BCUT2D eigenvalue weighted by Crippen LogP contribution is -2.50. The Balaban J connectivity index is 0.00000220. The molecule has 1 unspecified atom stereocenters. The van der Waals surface area contributed by atoms with E-state index in [-0.39, 0.29) is 30.7 Å². The molecular formula is C15H31Cl2N3O2. The summed E-state index contributed by atoms with van der Waals surface area (Å²) in [4.78, 5) is 14.8. The standard InChI is InChI=1S/C15H29N3O2.2ClH/c1-13-3-2-7-18(11-13)8-6-17-14(19)15(12-16)4-9-20-10-5-15;;/h13H,2-12,16H2,1H3,(H,17,19);2*1H. The average Bonchev–Trinajstić information content (AvgIpc) is 2.48. The smallest absolute Gasteiger partial charge is 0.227 e. The van der Waals surface area contributed by atoms with Crippen molar-refractivity contribution in [2.24, 2.45) is 17.1 Å². The molecule has 1 atom stereocenters. The molecule has 2 saturated heterocycles. The molecular weight excluding hydrogens is 325 g/mol. The number of ether oxygens (including phenoxy) is 1. The van der Waals surface area contributed by atoms with E-state index in [0.29, 0.717) is 19.8 Å². The minimum Gasteiger partial charge on any atom is -0.381 e. The van der Waals surface area contributed by atoms with Crippen molar-refractivity contribution >= 4 is 30.7 Å². The van der Waals surface area contributed by atoms with Crippen LogP contribution in [-0.2, 0) is 9.53 Å². The number of amides is 1. The topological polar surface area (TPSA) is 67.6 Å². The summed E-state index contributed by atoms with van der Waals surface area (Å²) in [7, 11) is 0. The maximum atomic E-state index is 12.4. The van der Waals surface area contributed by atoms with Gasteiger partial charge in [0.05, 0.1) is 5.41 Å². The molecule has 0 saturated carbocycles. The predicted molar refractivity (Wildman–Crippen MR) is 93.9 cm³/mol. The normalized spacial score (nSPS) is 24.7. The van der Waals surface area contributed by atoms with Crippen molar-refractivity contribution < 1.29 is 9.53 Å². The molecule has 0 aromatic carbocycles. The van der Waals surface area contributed by atoms with E-state index in [4.69, 9.17) is 10.5 Å². The molecule has 0 aromatic heterocycles. The summed E-state index contributed by atoms with van der Waals surface area (Å²) >= 11 is 0. The number of piperidine rings is 1. The van der Waals surface area contributed by atoms with Gasteiger partial charge in [-0.25, -0.2) is 0 Å². The largest absolute Gasteiger partial charge is 0.381 e. The molecule has 1 amide bonds. The van der Waals surface area contributed by atoms with Crippen LogP contribution in [0.5, 0.6) is 0 Å². The maximum Gasteiger partial charge on any atom is 0.227 e. The summed E-state index contributed by atoms with van der Waals surface area (Å²) in [5, 5.41) is 3.09. The molecule has 7 heteroatoms. The Labute approximate surface area is 146 Å². The van der Waals surface area contributed by atoms with Crippen molar-refractivity contribution in [3.05, 3.63) is 0 Å². The minimum atomic E-state index is -0.395. The fourth-order valence-electron chi connectivity index (χ4n) is 3.29. The van der Waals surface area contributed by atoms with E-state index in [1.807, 2.05) is 0 Å². The number of likely N-dealkylation sites (tertiary alicyclic amines) is 1. The lowest BCUT2D eigenvalue weighted by Gasteiger charge is -2.35. The highest BCUT2D eigenvalue weighted by Gasteiger charge is 2.38. The number of hydrogen-bond donors (Lipinski definition) is 2. The molecule has 132 valence electrons. The number of carbonyl (C=O) groups is 1. The number of nitrogens with zero attached hydrogens (tertiary/aromatic N) is 1. The van der Waals surface area contributed by atoms with Gasteiger partial charge in [-0.2, -0.15) is 0 Å². The Hall–Kier alpha value is -0.0700. The molecule has 2 fully saturated rings. The van der Waals surface area contributed by atoms with E-state index in [1.165, 1.54) is 12.8 Å². The minimum absolute atomic E-state index is 0. The van der Waals surface area contributed by atoms with E-state index >= 15 is 0 Å². The first-order chi connectivity index (χ1) is 9.66. The highest BCUT2D eigenvalue weighted by atomic mass is 35.5. The predicted octanol–water partition coefficient (Wildman–Crippen LogP) is 1.43. The summed E-state index contributed by atoms with van der Waals surface area (Å²) in [5.41, 5.74) is 5.45. The summed E-state index contributed by atoms with van der Waals surface area (Å²) in [6.07, 6.45) is 4.10. The molecule has 2 rings (SSSR count). The van der Waals surface area contributed by atoms with Crippen molar-refractivity contribution in [3.8, 4) is 0 Å². The van der Waals surface area contributed by atoms with Gasteiger partial charge in [-0.1, -0.05) is 6.92 Å². The highest BCUT2D eigenvalue weighted by Crippen LogP contribution is 2.29. The Morgan fingerprint density at radius 1 is 1.36 bits per heavy atom. The fraction of sp³-hybridized carbons (Fsp3) is 0.933. The zero-order valence-electron chi connectivity index (χ0n) is 13.5. The van der Waals surface area contributed by atoms with E-state index in [0.717, 1.165) is 44.9 Å². The quantitative estimate of drug-likeness (QED) is 0.782. The molecule has 0 spiro atoms.